The number of terminal acetylenes is 1. The van der Waals surface area contributed by atoms with Crippen molar-refractivity contribution in [1.82, 2.24) is 0 Å². The molecule has 1 aromatic rings. The Morgan fingerprint density at radius 1 is 1.43 bits per heavy atom. The largest absolute Gasteiger partial charge is 0.369 e. The highest BCUT2D eigenvalue weighted by molar-refractivity contribution is 5.76. The number of nitrogens with two attached hydrogens (primary N) is 1. The molecule has 2 heteroatoms. The van der Waals surface area contributed by atoms with Crippen molar-refractivity contribution in [1.29, 1.82) is 0 Å². The molecule has 2 N–H and O–H groups in total. The van der Waals surface area contributed by atoms with Crippen molar-refractivity contribution < 1.29 is 4.79 Å². The number of carbonyl (C=O) groups excluding carboxylic acids is 1. The molecule has 68 valence electrons. The molecule has 0 aromatic heterocycles. The lowest BCUT2D eigenvalue weighted by Gasteiger charge is -1.91. The van der Waals surface area contributed by atoms with Gasteiger partial charge in [-0.05, 0) is 18.2 Å². The van der Waals surface area contributed by atoms with Gasteiger partial charge in [0.05, 0.1) is 6.42 Å². The molecular weight excluding hydrogens is 174 g/mol. The summed E-state index contributed by atoms with van der Waals surface area (Å²) in [4.78, 5) is 10.4. The number of amides is 1. The normalized spacial score (nSPS) is 8.21. The van der Waals surface area contributed by atoms with Crippen molar-refractivity contribution in [3.63, 3.8) is 0 Å². The Hall–Kier alpha value is -2.19. The van der Waals surface area contributed by atoms with Crippen LogP contribution in [0.3, 0.4) is 0 Å². The van der Waals surface area contributed by atoms with Crippen LogP contribution in [0.1, 0.15) is 17.5 Å². The Kier molecular flexibility index (Phi) is 3.35. The molecule has 0 bridgehead atoms. The average Bonchev–Trinajstić information content (AvgIpc) is 2.18. The molecule has 0 heterocycles. The van der Waals surface area contributed by atoms with Crippen molar-refractivity contribution >= 4 is 5.91 Å². The van der Waals surface area contributed by atoms with Crippen LogP contribution in [0.4, 0.5) is 0 Å². The van der Waals surface area contributed by atoms with Crippen molar-refractivity contribution in [2.24, 2.45) is 5.73 Å². The number of carbonyl (C=O) groups is 1. The van der Waals surface area contributed by atoms with Crippen LogP contribution in [0.25, 0.3) is 0 Å². The predicted molar refractivity (Wildman–Crippen MR) is 55.1 cm³/mol. The summed E-state index contributed by atoms with van der Waals surface area (Å²) >= 11 is 0. The van der Waals surface area contributed by atoms with Gasteiger partial charge in [-0.2, -0.15) is 0 Å². The second-order valence-corrected chi connectivity index (χ2v) is 2.67. The maximum Gasteiger partial charge on any atom is 0.229 e. The summed E-state index contributed by atoms with van der Waals surface area (Å²) in [6.07, 6.45) is 5.29. The lowest BCUT2D eigenvalue weighted by Crippen LogP contribution is -2.08. The SMILES string of the molecule is C#Cc1cccc(C#CCC(N)=O)c1. The summed E-state index contributed by atoms with van der Waals surface area (Å²) in [5, 5.41) is 0. The maximum atomic E-state index is 10.4. The van der Waals surface area contributed by atoms with E-state index in [1.807, 2.05) is 18.2 Å². The molecule has 2 nitrogen and oxygen atoms in total. The summed E-state index contributed by atoms with van der Waals surface area (Å²) < 4.78 is 0. The van der Waals surface area contributed by atoms with Gasteiger partial charge in [-0.3, -0.25) is 4.79 Å². The van der Waals surface area contributed by atoms with Gasteiger partial charge in [0, 0.05) is 11.1 Å². The van der Waals surface area contributed by atoms with E-state index < -0.39 is 5.91 Å². The molecule has 0 aliphatic rings. The zero-order chi connectivity index (χ0) is 10.4. The standard InChI is InChI=1S/C12H9NO/c1-2-10-5-3-6-11(9-10)7-4-8-12(13)14/h1,3,5-6,9H,8H2,(H2,13,14). The van der Waals surface area contributed by atoms with Gasteiger partial charge in [0.15, 0.2) is 0 Å². The Labute approximate surface area is 83.1 Å². The van der Waals surface area contributed by atoms with Crippen LogP contribution in [0, 0.1) is 24.2 Å². The summed E-state index contributed by atoms with van der Waals surface area (Å²) in [7, 11) is 0. The fourth-order valence-electron chi connectivity index (χ4n) is 0.920. The van der Waals surface area contributed by atoms with E-state index in [-0.39, 0.29) is 6.42 Å². The Bertz CT molecular complexity index is 443. The molecule has 0 saturated carbocycles. The first-order valence-corrected chi connectivity index (χ1v) is 4.06. The lowest BCUT2D eigenvalue weighted by molar-refractivity contribution is -0.117. The van der Waals surface area contributed by atoms with Gasteiger partial charge in [-0.1, -0.05) is 23.8 Å². The van der Waals surface area contributed by atoms with E-state index in [2.05, 4.69) is 17.8 Å². The molecule has 1 rings (SSSR count). The molecule has 0 atom stereocenters. The minimum Gasteiger partial charge on any atom is -0.369 e. The molecule has 0 unspecified atom stereocenters. The first-order valence-electron chi connectivity index (χ1n) is 4.06. The molecule has 0 fully saturated rings. The van der Waals surface area contributed by atoms with Gasteiger partial charge in [0.2, 0.25) is 5.91 Å². The van der Waals surface area contributed by atoms with Crippen molar-refractivity contribution in [2.75, 3.05) is 0 Å². The molecule has 1 amide bonds. The summed E-state index contributed by atoms with van der Waals surface area (Å²) in [6, 6.07) is 7.26. The first-order chi connectivity index (χ1) is 6.72. The monoisotopic (exact) mass is 183 g/mol. The van der Waals surface area contributed by atoms with Gasteiger partial charge in [0.25, 0.3) is 0 Å². The maximum absolute atomic E-state index is 10.4. The van der Waals surface area contributed by atoms with Gasteiger partial charge in [0.1, 0.15) is 0 Å². The van der Waals surface area contributed by atoms with Crippen LogP contribution >= 0.6 is 0 Å². The van der Waals surface area contributed by atoms with E-state index >= 15 is 0 Å². The highest BCUT2D eigenvalue weighted by atomic mass is 16.1. The number of primary amides is 1. The number of hydrogen-bond acceptors (Lipinski definition) is 1. The minimum absolute atomic E-state index is 0.0697. The summed E-state index contributed by atoms with van der Waals surface area (Å²) in [5.41, 5.74) is 6.51. The van der Waals surface area contributed by atoms with Crippen LogP contribution in [-0.2, 0) is 4.79 Å². The Balaban J connectivity index is 2.80. The van der Waals surface area contributed by atoms with Gasteiger partial charge < -0.3 is 5.73 Å². The highest BCUT2D eigenvalue weighted by Gasteiger charge is 1.89. The van der Waals surface area contributed by atoms with E-state index in [0.717, 1.165) is 11.1 Å². The third-order valence-corrected chi connectivity index (χ3v) is 1.52. The predicted octanol–water partition coefficient (Wildman–Crippen LogP) is 0.895. The summed E-state index contributed by atoms with van der Waals surface area (Å²) in [6.45, 7) is 0. The minimum atomic E-state index is -0.425. The van der Waals surface area contributed by atoms with Crippen molar-refractivity contribution in [3.8, 4) is 24.2 Å². The van der Waals surface area contributed by atoms with E-state index in [9.17, 15) is 4.79 Å². The van der Waals surface area contributed by atoms with Crippen LogP contribution < -0.4 is 5.73 Å². The smallest absolute Gasteiger partial charge is 0.229 e. The summed E-state index contributed by atoms with van der Waals surface area (Å²) in [5.74, 6) is 7.55. The van der Waals surface area contributed by atoms with E-state index in [4.69, 9.17) is 12.2 Å². The Morgan fingerprint density at radius 3 is 2.79 bits per heavy atom. The van der Waals surface area contributed by atoms with Crippen molar-refractivity contribution in [3.05, 3.63) is 35.4 Å². The molecule has 0 saturated heterocycles. The molecule has 1 aromatic carbocycles. The fraction of sp³-hybridized carbons (Fsp3) is 0.0833. The van der Waals surface area contributed by atoms with E-state index in [0.29, 0.717) is 0 Å². The first kappa shape index (κ1) is 9.89. The van der Waals surface area contributed by atoms with Crippen molar-refractivity contribution in [2.45, 2.75) is 6.42 Å². The second kappa shape index (κ2) is 4.74. The average molecular weight is 183 g/mol. The quantitative estimate of drug-likeness (QED) is 0.646. The number of rotatable bonds is 1. The zero-order valence-corrected chi connectivity index (χ0v) is 7.58. The highest BCUT2D eigenvalue weighted by Crippen LogP contribution is 2.01. The Morgan fingerprint density at radius 2 is 2.14 bits per heavy atom. The van der Waals surface area contributed by atoms with Crippen LogP contribution in [0.2, 0.25) is 0 Å². The molecular formula is C12H9NO. The van der Waals surface area contributed by atoms with Gasteiger partial charge in [-0.25, -0.2) is 0 Å². The van der Waals surface area contributed by atoms with Gasteiger partial charge in [-0.15, -0.1) is 6.42 Å². The second-order valence-electron chi connectivity index (χ2n) is 2.67. The van der Waals surface area contributed by atoms with E-state index in [1.165, 1.54) is 0 Å². The van der Waals surface area contributed by atoms with Crippen LogP contribution in [0.5, 0.6) is 0 Å². The van der Waals surface area contributed by atoms with Crippen LogP contribution in [-0.4, -0.2) is 5.91 Å². The third kappa shape index (κ3) is 3.05. The molecule has 0 radical (unpaired) electrons. The number of benzene rings is 1. The topological polar surface area (TPSA) is 43.1 Å². The van der Waals surface area contributed by atoms with Gasteiger partial charge >= 0.3 is 0 Å². The molecule has 0 aliphatic carbocycles. The van der Waals surface area contributed by atoms with E-state index in [1.54, 1.807) is 6.07 Å². The van der Waals surface area contributed by atoms with Crippen LogP contribution in [0.15, 0.2) is 24.3 Å². The molecule has 14 heavy (non-hydrogen) atoms. The molecule has 0 spiro atoms. The fourth-order valence-corrected chi connectivity index (χ4v) is 0.920. The third-order valence-electron chi connectivity index (χ3n) is 1.52. The zero-order valence-electron chi connectivity index (χ0n) is 7.58. The number of hydrogen-bond donors (Lipinski definition) is 1. The molecule has 0 aliphatic heterocycles. The lowest BCUT2D eigenvalue weighted by atomic mass is 10.1.